The van der Waals surface area contributed by atoms with Gasteiger partial charge in [0.05, 0.1) is 5.56 Å². The quantitative estimate of drug-likeness (QED) is 0.897. The Morgan fingerprint density at radius 3 is 2.83 bits per heavy atom. The van der Waals surface area contributed by atoms with Gasteiger partial charge in [-0.3, -0.25) is 19.4 Å². The standard InChI is InChI=1S/C16H15N3O3S/c1-8-6-9(4-5-18-8)15(22)19-16-13(14(17)21)11-3-2-10(20)7-12(11)23-16/h4-6H,2-3,7H2,1H3,(H2,17,21)(H,19,22). The van der Waals surface area contributed by atoms with E-state index in [0.717, 1.165) is 16.1 Å². The zero-order chi connectivity index (χ0) is 16.6. The second kappa shape index (κ2) is 5.92. The van der Waals surface area contributed by atoms with Crippen LogP contribution in [0, 0.1) is 6.92 Å². The number of hydrogen-bond acceptors (Lipinski definition) is 5. The normalized spacial score (nSPS) is 13.5. The van der Waals surface area contributed by atoms with Gasteiger partial charge in [-0.05, 0) is 31.0 Å². The summed E-state index contributed by atoms with van der Waals surface area (Å²) in [4.78, 5) is 40.6. The molecule has 0 radical (unpaired) electrons. The number of pyridine rings is 1. The first kappa shape index (κ1) is 15.4. The third kappa shape index (κ3) is 3.00. The first-order chi connectivity index (χ1) is 11.0. The Morgan fingerprint density at radius 1 is 1.35 bits per heavy atom. The van der Waals surface area contributed by atoms with Crippen LogP contribution in [0.3, 0.4) is 0 Å². The van der Waals surface area contributed by atoms with Crippen LogP contribution in [0.25, 0.3) is 0 Å². The highest BCUT2D eigenvalue weighted by molar-refractivity contribution is 7.17. The van der Waals surface area contributed by atoms with Gasteiger partial charge in [-0.15, -0.1) is 11.3 Å². The molecule has 2 aromatic rings. The van der Waals surface area contributed by atoms with Gasteiger partial charge < -0.3 is 11.1 Å². The van der Waals surface area contributed by atoms with Crippen molar-refractivity contribution in [3.05, 3.63) is 45.6 Å². The molecule has 7 heteroatoms. The number of aryl methyl sites for hydroxylation is 1. The van der Waals surface area contributed by atoms with E-state index in [4.69, 9.17) is 5.73 Å². The summed E-state index contributed by atoms with van der Waals surface area (Å²) in [5.74, 6) is -0.779. The van der Waals surface area contributed by atoms with Crippen molar-refractivity contribution >= 4 is 33.9 Å². The van der Waals surface area contributed by atoms with Crippen LogP contribution in [0.1, 0.15) is 43.3 Å². The molecule has 0 atom stereocenters. The highest BCUT2D eigenvalue weighted by Gasteiger charge is 2.27. The van der Waals surface area contributed by atoms with E-state index in [9.17, 15) is 14.4 Å². The van der Waals surface area contributed by atoms with Gasteiger partial charge in [0.25, 0.3) is 11.8 Å². The van der Waals surface area contributed by atoms with Crippen LogP contribution >= 0.6 is 11.3 Å². The van der Waals surface area contributed by atoms with Crippen LogP contribution in [0.5, 0.6) is 0 Å². The van der Waals surface area contributed by atoms with Crippen molar-refractivity contribution in [2.75, 3.05) is 5.32 Å². The van der Waals surface area contributed by atoms with E-state index < -0.39 is 5.91 Å². The number of thiophene rings is 1. The molecule has 2 amide bonds. The number of carbonyl (C=O) groups is 3. The molecule has 6 nitrogen and oxygen atoms in total. The molecule has 0 bridgehead atoms. The summed E-state index contributed by atoms with van der Waals surface area (Å²) in [5, 5.41) is 3.16. The summed E-state index contributed by atoms with van der Waals surface area (Å²) in [5.41, 5.74) is 7.78. The van der Waals surface area contributed by atoms with Crippen molar-refractivity contribution in [3.8, 4) is 0 Å². The summed E-state index contributed by atoms with van der Waals surface area (Å²) in [6, 6.07) is 3.26. The minimum Gasteiger partial charge on any atom is -0.365 e. The van der Waals surface area contributed by atoms with Crippen molar-refractivity contribution in [3.63, 3.8) is 0 Å². The first-order valence-corrected chi connectivity index (χ1v) is 7.97. The fourth-order valence-corrected chi connectivity index (χ4v) is 3.94. The number of rotatable bonds is 3. The third-order valence-corrected chi connectivity index (χ3v) is 4.88. The van der Waals surface area contributed by atoms with E-state index in [0.29, 0.717) is 35.4 Å². The van der Waals surface area contributed by atoms with Gasteiger partial charge in [-0.2, -0.15) is 0 Å². The zero-order valence-electron chi connectivity index (χ0n) is 12.5. The molecule has 3 N–H and O–H groups in total. The molecule has 118 valence electrons. The Labute approximate surface area is 136 Å². The van der Waals surface area contributed by atoms with E-state index in [-0.39, 0.29) is 11.7 Å². The number of anilines is 1. The van der Waals surface area contributed by atoms with Gasteiger partial charge in [0.2, 0.25) is 0 Å². The lowest BCUT2D eigenvalue weighted by atomic mass is 9.94. The number of nitrogens with zero attached hydrogens (tertiary/aromatic N) is 1. The maximum Gasteiger partial charge on any atom is 0.256 e. The number of fused-ring (bicyclic) bond motifs is 1. The molecule has 0 saturated heterocycles. The van der Waals surface area contributed by atoms with Gasteiger partial charge in [-0.1, -0.05) is 0 Å². The van der Waals surface area contributed by atoms with Gasteiger partial charge in [0.1, 0.15) is 10.8 Å². The van der Waals surface area contributed by atoms with E-state index >= 15 is 0 Å². The van der Waals surface area contributed by atoms with E-state index in [1.54, 1.807) is 25.3 Å². The molecule has 3 rings (SSSR count). The van der Waals surface area contributed by atoms with Gasteiger partial charge in [0.15, 0.2) is 0 Å². The molecule has 0 spiro atoms. The average molecular weight is 329 g/mol. The zero-order valence-corrected chi connectivity index (χ0v) is 13.3. The smallest absolute Gasteiger partial charge is 0.256 e. The first-order valence-electron chi connectivity index (χ1n) is 7.15. The molecular formula is C16H15N3O3S. The second-order valence-corrected chi connectivity index (χ2v) is 6.53. The third-order valence-electron chi connectivity index (χ3n) is 3.73. The van der Waals surface area contributed by atoms with Crippen LogP contribution < -0.4 is 11.1 Å². The fraction of sp³-hybridized carbons (Fsp3) is 0.250. The number of amides is 2. The highest BCUT2D eigenvalue weighted by Crippen LogP contribution is 2.37. The Hall–Kier alpha value is -2.54. The summed E-state index contributed by atoms with van der Waals surface area (Å²) in [6.07, 6.45) is 2.75. The molecule has 0 unspecified atom stereocenters. The number of Topliss-reactive ketones (excluding diaryl/α,β-unsaturated/α-hetero) is 1. The summed E-state index contributed by atoms with van der Waals surface area (Å²) >= 11 is 1.25. The molecule has 2 aromatic heterocycles. The number of nitrogens with two attached hydrogens (primary N) is 1. The molecule has 0 saturated carbocycles. The number of ketones is 1. The lowest BCUT2D eigenvalue weighted by Crippen LogP contribution is -2.19. The van der Waals surface area contributed by atoms with Crippen LogP contribution in [0.2, 0.25) is 0 Å². The summed E-state index contributed by atoms with van der Waals surface area (Å²) in [7, 11) is 0. The predicted octanol–water partition coefficient (Wildman–Crippen LogP) is 1.86. The van der Waals surface area contributed by atoms with Crippen molar-refractivity contribution in [2.24, 2.45) is 5.73 Å². The molecular weight excluding hydrogens is 314 g/mol. The van der Waals surface area contributed by atoms with Crippen LogP contribution in [-0.2, 0) is 17.6 Å². The van der Waals surface area contributed by atoms with Gasteiger partial charge in [-0.25, -0.2) is 0 Å². The lowest BCUT2D eigenvalue weighted by molar-refractivity contribution is -0.118. The molecule has 0 fully saturated rings. The molecule has 23 heavy (non-hydrogen) atoms. The van der Waals surface area contributed by atoms with Crippen molar-refractivity contribution < 1.29 is 14.4 Å². The van der Waals surface area contributed by atoms with Crippen molar-refractivity contribution in [1.82, 2.24) is 4.98 Å². The van der Waals surface area contributed by atoms with Crippen LogP contribution in [0.4, 0.5) is 5.00 Å². The van der Waals surface area contributed by atoms with Crippen molar-refractivity contribution in [1.29, 1.82) is 0 Å². The number of hydrogen-bond donors (Lipinski definition) is 2. The Bertz CT molecular complexity index is 826. The number of aromatic nitrogens is 1. The lowest BCUT2D eigenvalue weighted by Gasteiger charge is -2.10. The minimum absolute atomic E-state index is 0.136. The predicted molar refractivity (Wildman–Crippen MR) is 86.8 cm³/mol. The van der Waals surface area contributed by atoms with Crippen LogP contribution in [-0.4, -0.2) is 22.6 Å². The van der Waals surface area contributed by atoms with E-state index in [1.165, 1.54) is 11.3 Å². The summed E-state index contributed by atoms with van der Waals surface area (Å²) in [6.45, 7) is 1.79. The van der Waals surface area contributed by atoms with Gasteiger partial charge >= 0.3 is 0 Å². The van der Waals surface area contributed by atoms with E-state index in [1.807, 2.05) is 0 Å². The summed E-state index contributed by atoms with van der Waals surface area (Å²) < 4.78 is 0. The van der Waals surface area contributed by atoms with E-state index in [2.05, 4.69) is 10.3 Å². The number of nitrogens with one attached hydrogen (secondary N) is 1. The number of primary amides is 1. The molecule has 1 aliphatic rings. The molecule has 2 heterocycles. The highest BCUT2D eigenvalue weighted by atomic mass is 32.1. The maximum absolute atomic E-state index is 12.4. The number of carbonyl (C=O) groups excluding carboxylic acids is 3. The Morgan fingerprint density at radius 2 is 2.13 bits per heavy atom. The molecule has 0 aromatic carbocycles. The Kier molecular flexibility index (Phi) is 3.96. The largest absolute Gasteiger partial charge is 0.365 e. The Balaban J connectivity index is 1.95. The maximum atomic E-state index is 12.4. The topological polar surface area (TPSA) is 102 Å². The van der Waals surface area contributed by atoms with Gasteiger partial charge in [0, 0.05) is 35.2 Å². The van der Waals surface area contributed by atoms with Crippen molar-refractivity contribution in [2.45, 2.75) is 26.2 Å². The van der Waals surface area contributed by atoms with Crippen LogP contribution in [0.15, 0.2) is 18.3 Å². The minimum atomic E-state index is -0.585. The molecule has 1 aliphatic carbocycles. The molecule has 0 aliphatic heterocycles. The fourth-order valence-electron chi connectivity index (χ4n) is 2.66. The average Bonchev–Trinajstić information content (AvgIpc) is 2.84. The second-order valence-electron chi connectivity index (χ2n) is 5.43. The monoisotopic (exact) mass is 329 g/mol. The SMILES string of the molecule is Cc1cc(C(=O)Nc2sc3c(c2C(N)=O)CCC(=O)C3)ccn1.